The van der Waals surface area contributed by atoms with Gasteiger partial charge >= 0.3 is 0 Å². The molecule has 0 spiro atoms. The van der Waals surface area contributed by atoms with Crippen LogP contribution in [-0.2, 0) is 21.3 Å². The van der Waals surface area contributed by atoms with E-state index in [0.29, 0.717) is 30.8 Å². The van der Waals surface area contributed by atoms with Crippen LogP contribution in [0.4, 0.5) is 14.5 Å². The van der Waals surface area contributed by atoms with Crippen LogP contribution in [0.25, 0.3) is 0 Å². The minimum atomic E-state index is -1.01. The summed E-state index contributed by atoms with van der Waals surface area (Å²) in [4.78, 5) is 13.8. The summed E-state index contributed by atoms with van der Waals surface area (Å²) in [5.41, 5.74) is 18.7. The van der Waals surface area contributed by atoms with E-state index in [1.54, 1.807) is 18.8 Å². The monoisotopic (exact) mass is 480 g/mol. The number of benzene rings is 1. The minimum absolute atomic E-state index is 0.0588. The highest BCUT2D eigenvalue weighted by molar-refractivity contribution is 8.03. The van der Waals surface area contributed by atoms with Gasteiger partial charge in [0.15, 0.2) is 0 Å². The number of aryl methyl sites for hydroxylation is 1. The zero-order chi connectivity index (χ0) is 23.9. The fraction of sp³-hybridized carbons (Fsp3) is 0.429. The Morgan fingerprint density at radius 1 is 1.33 bits per heavy atom. The SMILES string of the molecule is CO[C@H]1C[C@H](c2c(N3C(C(N)=O)=C(N)SC3c3c(F)cccc3F)cnn2C)OCC[C@@H]1N. The second-order valence-electron chi connectivity index (χ2n) is 7.91. The van der Waals surface area contributed by atoms with Crippen molar-refractivity contribution in [3.05, 3.63) is 58.0 Å². The van der Waals surface area contributed by atoms with Crippen LogP contribution in [0.2, 0.25) is 0 Å². The molecule has 0 aliphatic carbocycles. The van der Waals surface area contributed by atoms with E-state index in [4.69, 9.17) is 26.7 Å². The second-order valence-corrected chi connectivity index (χ2v) is 9.04. The summed E-state index contributed by atoms with van der Waals surface area (Å²) in [7, 11) is 3.30. The standard InChI is InChI=1S/C21H26F2N6O3S/c1-28-17(15-8-14(31-2)12(24)6-7-32-15)13(9-27-28)29-18(19(25)30)20(26)33-21(29)16-10(22)4-3-5-11(16)23/h3-5,9,12,14-15,21H,6-8,24,26H2,1-2H3,(H2,25,30)/t12-,14-,15+,21?/m0/s1. The predicted octanol–water partition coefficient (Wildman–Crippen LogP) is 1.76. The van der Waals surface area contributed by atoms with E-state index < -0.39 is 29.0 Å². The molecule has 0 radical (unpaired) electrons. The Hall–Kier alpha value is -2.67. The van der Waals surface area contributed by atoms with Gasteiger partial charge in [0.2, 0.25) is 0 Å². The van der Waals surface area contributed by atoms with Gasteiger partial charge in [-0.05, 0) is 18.6 Å². The molecular formula is C21H26F2N6O3S. The Kier molecular flexibility index (Phi) is 6.61. The van der Waals surface area contributed by atoms with E-state index >= 15 is 0 Å². The summed E-state index contributed by atoms with van der Waals surface area (Å²) in [6.45, 7) is 0.386. The number of hydrogen-bond acceptors (Lipinski definition) is 8. The molecule has 1 amide bonds. The zero-order valence-electron chi connectivity index (χ0n) is 18.2. The Labute approximate surface area is 193 Å². The van der Waals surface area contributed by atoms with Crippen molar-refractivity contribution in [3.8, 4) is 0 Å². The first kappa shape index (κ1) is 23.5. The number of methoxy groups -OCH3 is 1. The fourth-order valence-electron chi connectivity index (χ4n) is 4.33. The van der Waals surface area contributed by atoms with Gasteiger partial charge in [-0.3, -0.25) is 9.48 Å². The first-order valence-corrected chi connectivity index (χ1v) is 11.2. The number of amides is 1. The predicted molar refractivity (Wildman–Crippen MR) is 119 cm³/mol. The first-order valence-electron chi connectivity index (χ1n) is 10.4. The lowest BCUT2D eigenvalue weighted by molar-refractivity contribution is -0.114. The highest BCUT2D eigenvalue weighted by Gasteiger charge is 2.42. The molecule has 1 aromatic heterocycles. The van der Waals surface area contributed by atoms with E-state index in [1.165, 1.54) is 17.2 Å². The quantitative estimate of drug-likeness (QED) is 0.589. The van der Waals surface area contributed by atoms with Crippen LogP contribution in [0.1, 0.15) is 35.6 Å². The molecule has 2 aliphatic rings. The van der Waals surface area contributed by atoms with Gasteiger partial charge in [-0.25, -0.2) is 8.78 Å². The number of primary amides is 1. The molecule has 178 valence electrons. The number of ether oxygens (including phenoxy) is 2. The van der Waals surface area contributed by atoms with E-state index in [1.807, 2.05) is 0 Å². The third-order valence-corrected chi connectivity index (χ3v) is 7.07. The largest absolute Gasteiger partial charge is 0.392 e. The van der Waals surface area contributed by atoms with Crippen LogP contribution < -0.4 is 22.1 Å². The summed E-state index contributed by atoms with van der Waals surface area (Å²) in [5.74, 6) is -2.36. The summed E-state index contributed by atoms with van der Waals surface area (Å²) in [6.07, 6.45) is 1.75. The first-order chi connectivity index (χ1) is 15.7. The number of hydrogen-bond donors (Lipinski definition) is 3. The van der Waals surface area contributed by atoms with Crippen LogP contribution >= 0.6 is 11.8 Å². The molecule has 2 aromatic rings. The molecule has 1 fully saturated rings. The molecule has 4 rings (SSSR count). The van der Waals surface area contributed by atoms with Crippen molar-refractivity contribution >= 4 is 23.4 Å². The van der Waals surface area contributed by atoms with Crippen LogP contribution in [0.15, 0.2) is 35.1 Å². The third kappa shape index (κ3) is 4.19. The summed E-state index contributed by atoms with van der Waals surface area (Å²) < 4.78 is 42.8. The maximum Gasteiger partial charge on any atom is 0.268 e. The highest BCUT2D eigenvalue weighted by Crippen LogP contribution is 2.51. The molecule has 0 bridgehead atoms. The normalized spacial score (nSPS) is 26.0. The lowest BCUT2D eigenvalue weighted by Crippen LogP contribution is -2.36. The summed E-state index contributed by atoms with van der Waals surface area (Å²) in [5, 5.41) is 3.39. The smallest absolute Gasteiger partial charge is 0.268 e. The van der Waals surface area contributed by atoms with E-state index in [-0.39, 0.29) is 28.4 Å². The molecule has 12 heteroatoms. The average molecular weight is 481 g/mol. The number of halogens is 2. The molecule has 0 saturated carbocycles. The van der Waals surface area contributed by atoms with Gasteiger partial charge in [0.05, 0.1) is 34.3 Å². The molecule has 33 heavy (non-hydrogen) atoms. The van der Waals surface area contributed by atoms with Gasteiger partial charge in [0, 0.05) is 33.2 Å². The number of carbonyl (C=O) groups excluding carboxylic acids is 1. The van der Waals surface area contributed by atoms with E-state index in [0.717, 1.165) is 23.9 Å². The molecule has 6 N–H and O–H groups in total. The Bertz CT molecular complexity index is 1070. The average Bonchev–Trinajstić information content (AvgIpc) is 3.23. The van der Waals surface area contributed by atoms with Gasteiger partial charge in [-0.1, -0.05) is 17.8 Å². The maximum absolute atomic E-state index is 14.8. The topological polar surface area (TPSA) is 135 Å². The second kappa shape index (κ2) is 9.29. The molecule has 2 aliphatic heterocycles. The van der Waals surface area contributed by atoms with Crippen LogP contribution in [0.3, 0.4) is 0 Å². The van der Waals surface area contributed by atoms with Gasteiger partial charge in [-0.2, -0.15) is 5.10 Å². The summed E-state index contributed by atoms with van der Waals surface area (Å²) in [6, 6.07) is 3.36. The van der Waals surface area contributed by atoms with Crippen molar-refractivity contribution in [2.75, 3.05) is 18.6 Å². The van der Waals surface area contributed by atoms with Crippen molar-refractivity contribution in [2.24, 2.45) is 24.2 Å². The highest BCUT2D eigenvalue weighted by atomic mass is 32.2. The van der Waals surface area contributed by atoms with E-state index in [2.05, 4.69) is 5.10 Å². The number of carbonyl (C=O) groups is 1. The number of rotatable bonds is 5. The van der Waals surface area contributed by atoms with E-state index in [9.17, 15) is 13.6 Å². The number of nitrogens with zero attached hydrogens (tertiary/aromatic N) is 3. The van der Waals surface area contributed by atoms with Crippen molar-refractivity contribution in [3.63, 3.8) is 0 Å². The van der Waals surface area contributed by atoms with Crippen molar-refractivity contribution in [1.82, 2.24) is 9.78 Å². The molecule has 1 unspecified atom stereocenters. The molecule has 1 saturated heterocycles. The van der Waals surface area contributed by atoms with Crippen LogP contribution in [0.5, 0.6) is 0 Å². The van der Waals surface area contributed by atoms with Crippen molar-refractivity contribution in [2.45, 2.75) is 36.5 Å². The van der Waals surface area contributed by atoms with Gasteiger partial charge < -0.3 is 31.6 Å². The minimum Gasteiger partial charge on any atom is -0.392 e. The Balaban J connectivity index is 1.84. The fourth-order valence-corrected chi connectivity index (χ4v) is 5.55. The molecular weight excluding hydrogens is 454 g/mol. The lowest BCUT2D eigenvalue weighted by atomic mass is 10.0. The Morgan fingerprint density at radius 2 is 2.03 bits per heavy atom. The van der Waals surface area contributed by atoms with Gasteiger partial charge in [0.25, 0.3) is 5.91 Å². The lowest BCUT2D eigenvalue weighted by Gasteiger charge is -2.30. The van der Waals surface area contributed by atoms with Crippen molar-refractivity contribution in [1.29, 1.82) is 0 Å². The van der Waals surface area contributed by atoms with Gasteiger partial charge in [-0.15, -0.1) is 0 Å². The summed E-state index contributed by atoms with van der Waals surface area (Å²) >= 11 is 0.940. The van der Waals surface area contributed by atoms with Gasteiger partial charge in [0.1, 0.15) is 28.8 Å². The Morgan fingerprint density at radius 3 is 2.67 bits per heavy atom. The van der Waals surface area contributed by atoms with Crippen LogP contribution in [0, 0.1) is 11.6 Å². The molecule has 9 nitrogen and oxygen atoms in total. The molecule has 3 heterocycles. The van der Waals surface area contributed by atoms with Crippen molar-refractivity contribution < 1.29 is 23.0 Å². The van der Waals surface area contributed by atoms with Crippen LogP contribution in [-0.4, -0.2) is 41.6 Å². The third-order valence-electron chi connectivity index (χ3n) is 5.95. The maximum atomic E-state index is 14.8. The number of anilines is 1. The number of thioether (sulfide) groups is 1. The molecule has 4 atom stereocenters. The zero-order valence-corrected chi connectivity index (χ0v) is 19.0. The number of nitrogens with two attached hydrogens (primary N) is 3. The number of aromatic nitrogens is 2. The molecule has 1 aromatic carbocycles.